The summed E-state index contributed by atoms with van der Waals surface area (Å²) in [6.45, 7) is 0. The number of hydrogen-bond acceptors (Lipinski definition) is 1. The Morgan fingerprint density at radius 2 is 2.15 bits per heavy atom. The van der Waals surface area contributed by atoms with Crippen LogP contribution in [-0.4, -0.2) is 4.98 Å². The van der Waals surface area contributed by atoms with Crippen LogP contribution in [0.2, 0.25) is 5.02 Å². The van der Waals surface area contributed by atoms with Gasteiger partial charge in [-0.05, 0) is 22.6 Å². The lowest BCUT2D eigenvalue weighted by Gasteiger charge is -2.08. The second-order valence-corrected chi connectivity index (χ2v) is 3.97. The van der Waals surface area contributed by atoms with E-state index < -0.39 is 6.43 Å². The van der Waals surface area contributed by atoms with E-state index in [-0.39, 0.29) is 22.2 Å². The highest BCUT2D eigenvalue weighted by atomic mass is 127. The van der Waals surface area contributed by atoms with Crippen LogP contribution in [0.25, 0.3) is 0 Å². The first kappa shape index (κ1) is 11.4. The predicted molar refractivity (Wildman–Crippen MR) is 56.5 cm³/mol. The van der Waals surface area contributed by atoms with Gasteiger partial charge in [-0.1, -0.05) is 11.6 Å². The van der Waals surface area contributed by atoms with Gasteiger partial charge in [0.2, 0.25) is 0 Å². The first-order valence-electron chi connectivity index (χ1n) is 3.24. The van der Waals surface area contributed by atoms with Gasteiger partial charge in [-0.25, -0.2) is 8.78 Å². The maximum Gasteiger partial charge on any atom is 0.266 e. The third-order valence-electron chi connectivity index (χ3n) is 1.44. The fraction of sp³-hybridized carbons (Fsp3) is 0.286. The Morgan fingerprint density at radius 3 is 2.62 bits per heavy atom. The molecule has 0 atom stereocenters. The quantitative estimate of drug-likeness (QED) is 0.587. The molecule has 0 aliphatic rings. The zero-order valence-electron chi connectivity index (χ0n) is 6.20. The first-order chi connectivity index (χ1) is 6.07. The van der Waals surface area contributed by atoms with Crippen molar-refractivity contribution in [2.75, 3.05) is 0 Å². The van der Waals surface area contributed by atoms with E-state index in [0.29, 0.717) is 3.57 Å². The molecule has 0 radical (unpaired) electrons. The lowest BCUT2D eigenvalue weighted by molar-refractivity contribution is 0.149. The molecule has 1 rings (SSSR count). The second kappa shape index (κ2) is 4.70. The van der Waals surface area contributed by atoms with Crippen LogP contribution in [0.3, 0.4) is 0 Å². The molecule has 0 aliphatic carbocycles. The molecule has 72 valence electrons. The minimum Gasteiger partial charge on any atom is -0.258 e. The Hall–Kier alpha value is 0.320. The first-order valence-corrected chi connectivity index (χ1v) is 5.24. The summed E-state index contributed by atoms with van der Waals surface area (Å²) in [4.78, 5) is 3.73. The van der Waals surface area contributed by atoms with Crippen molar-refractivity contribution >= 4 is 45.8 Å². The van der Waals surface area contributed by atoms with Gasteiger partial charge < -0.3 is 0 Å². The lowest BCUT2D eigenvalue weighted by Crippen LogP contribution is -2.00. The van der Waals surface area contributed by atoms with Crippen LogP contribution >= 0.6 is 45.8 Å². The van der Waals surface area contributed by atoms with Gasteiger partial charge in [0.1, 0.15) is 0 Å². The Balaban J connectivity index is 3.32. The molecule has 0 aliphatic heterocycles. The summed E-state index contributed by atoms with van der Waals surface area (Å²) in [5.41, 5.74) is 0.0218. The summed E-state index contributed by atoms with van der Waals surface area (Å²) >= 11 is 12.9. The van der Waals surface area contributed by atoms with Gasteiger partial charge >= 0.3 is 0 Å². The highest BCUT2D eigenvalue weighted by Crippen LogP contribution is 2.31. The van der Waals surface area contributed by atoms with E-state index in [1.165, 1.54) is 6.20 Å². The number of aromatic nitrogens is 1. The summed E-state index contributed by atoms with van der Waals surface area (Å²) in [5.74, 6) is -0.0349. The molecule has 1 nitrogen and oxygen atoms in total. The van der Waals surface area contributed by atoms with E-state index in [4.69, 9.17) is 23.2 Å². The molecule has 0 saturated carbocycles. The van der Waals surface area contributed by atoms with Crippen LogP contribution < -0.4 is 0 Å². The summed E-state index contributed by atoms with van der Waals surface area (Å²) in [5, 5.41) is 0.227. The largest absolute Gasteiger partial charge is 0.266 e. The van der Waals surface area contributed by atoms with Gasteiger partial charge in [0.15, 0.2) is 0 Å². The fourth-order valence-electron chi connectivity index (χ4n) is 0.844. The van der Waals surface area contributed by atoms with E-state index in [2.05, 4.69) is 4.98 Å². The van der Waals surface area contributed by atoms with E-state index in [1.54, 1.807) is 22.6 Å². The minimum atomic E-state index is -2.59. The van der Waals surface area contributed by atoms with Crippen LogP contribution in [0, 0.1) is 3.57 Å². The maximum absolute atomic E-state index is 12.5. The van der Waals surface area contributed by atoms with Gasteiger partial charge in [0.05, 0.1) is 22.2 Å². The van der Waals surface area contributed by atoms with Crippen molar-refractivity contribution in [3.63, 3.8) is 0 Å². The van der Waals surface area contributed by atoms with Gasteiger partial charge in [0.25, 0.3) is 6.43 Å². The molecular formula is C7H4Cl2F2IN. The summed E-state index contributed by atoms with van der Waals surface area (Å²) in [6, 6.07) is 0. The van der Waals surface area contributed by atoms with E-state index >= 15 is 0 Å². The zero-order chi connectivity index (χ0) is 10.0. The normalized spacial score (nSPS) is 10.9. The predicted octanol–water partition coefficient (Wildman–Crippen LogP) is 4.02. The second-order valence-electron chi connectivity index (χ2n) is 2.21. The summed E-state index contributed by atoms with van der Waals surface area (Å²) in [7, 11) is 0. The zero-order valence-corrected chi connectivity index (χ0v) is 9.87. The molecule has 0 bridgehead atoms. The van der Waals surface area contributed by atoms with Crippen molar-refractivity contribution in [3.8, 4) is 0 Å². The Kier molecular flexibility index (Phi) is 4.12. The lowest BCUT2D eigenvalue weighted by atomic mass is 10.2. The number of nitrogens with zero attached hydrogens (tertiary/aromatic N) is 1. The van der Waals surface area contributed by atoms with Crippen LogP contribution in [0.15, 0.2) is 6.20 Å². The standard InChI is InChI=1S/C7H4Cl2F2IN/c8-1-4-5(7(10)11)6(12)3(9)2-13-4/h2,7H,1H2. The van der Waals surface area contributed by atoms with Crippen molar-refractivity contribution in [3.05, 3.63) is 26.0 Å². The van der Waals surface area contributed by atoms with E-state index in [0.717, 1.165) is 0 Å². The molecule has 1 aromatic heterocycles. The van der Waals surface area contributed by atoms with Gasteiger partial charge in [-0.15, -0.1) is 11.6 Å². The van der Waals surface area contributed by atoms with Crippen LogP contribution in [0.1, 0.15) is 17.7 Å². The van der Waals surface area contributed by atoms with Gasteiger partial charge in [-0.3, -0.25) is 4.98 Å². The van der Waals surface area contributed by atoms with E-state index in [9.17, 15) is 8.78 Å². The number of halogens is 5. The molecule has 0 fully saturated rings. The fourth-order valence-corrected chi connectivity index (χ4v) is 1.89. The van der Waals surface area contributed by atoms with Crippen molar-refractivity contribution in [2.24, 2.45) is 0 Å². The monoisotopic (exact) mass is 337 g/mol. The highest BCUT2D eigenvalue weighted by Gasteiger charge is 2.19. The molecule has 13 heavy (non-hydrogen) atoms. The van der Waals surface area contributed by atoms with Gasteiger partial charge in [-0.2, -0.15) is 0 Å². The number of alkyl halides is 3. The molecule has 0 saturated heterocycles. The van der Waals surface area contributed by atoms with Crippen molar-refractivity contribution < 1.29 is 8.78 Å². The van der Waals surface area contributed by atoms with Crippen LogP contribution in [0.5, 0.6) is 0 Å². The molecule has 1 heterocycles. The molecule has 0 unspecified atom stereocenters. The van der Waals surface area contributed by atoms with E-state index in [1.807, 2.05) is 0 Å². The summed E-state index contributed by atoms with van der Waals surface area (Å²) in [6.07, 6.45) is -1.26. The molecule has 0 amide bonds. The molecule has 1 aromatic rings. The van der Waals surface area contributed by atoms with Crippen LogP contribution in [0.4, 0.5) is 8.78 Å². The molecule has 0 spiro atoms. The summed E-state index contributed by atoms with van der Waals surface area (Å²) < 4.78 is 25.3. The average Bonchev–Trinajstić information content (AvgIpc) is 2.08. The Morgan fingerprint density at radius 1 is 1.54 bits per heavy atom. The average molecular weight is 338 g/mol. The number of hydrogen-bond donors (Lipinski definition) is 0. The topological polar surface area (TPSA) is 12.9 Å². The van der Waals surface area contributed by atoms with Crippen molar-refractivity contribution in [1.29, 1.82) is 0 Å². The third kappa shape index (κ3) is 2.41. The maximum atomic E-state index is 12.5. The van der Waals surface area contributed by atoms with Crippen molar-refractivity contribution in [2.45, 2.75) is 12.3 Å². The molecule has 0 aromatic carbocycles. The van der Waals surface area contributed by atoms with Crippen LogP contribution in [-0.2, 0) is 5.88 Å². The minimum absolute atomic E-state index is 0.0349. The molecular weight excluding hydrogens is 334 g/mol. The Bertz CT molecular complexity index is 320. The smallest absolute Gasteiger partial charge is 0.258 e. The Labute approximate surface area is 97.6 Å². The molecule has 6 heteroatoms. The number of rotatable bonds is 2. The third-order valence-corrected chi connectivity index (χ3v) is 3.46. The van der Waals surface area contributed by atoms with Crippen molar-refractivity contribution in [1.82, 2.24) is 4.98 Å². The highest BCUT2D eigenvalue weighted by molar-refractivity contribution is 14.1. The number of pyridine rings is 1. The SMILES string of the molecule is FC(F)c1c(CCl)ncc(Cl)c1I. The van der Waals surface area contributed by atoms with Gasteiger partial charge in [0, 0.05) is 9.77 Å². The molecule has 0 N–H and O–H groups in total.